The molecule has 0 aliphatic carbocycles. The van der Waals surface area contributed by atoms with Crippen molar-refractivity contribution in [1.29, 1.82) is 0 Å². The fourth-order valence-corrected chi connectivity index (χ4v) is 4.96. The lowest BCUT2D eigenvalue weighted by molar-refractivity contribution is 0.0701. The summed E-state index contributed by atoms with van der Waals surface area (Å²) >= 11 is 1.25. The molecule has 4 rings (SSSR count). The van der Waals surface area contributed by atoms with E-state index in [1.165, 1.54) is 17.8 Å². The summed E-state index contributed by atoms with van der Waals surface area (Å²) in [5.74, 6) is 0.664. The second kappa shape index (κ2) is 7.27. The lowest BCUT2D eigenvalue weighted by Gasteiger charge is -2.36. The maximum absolute atomic E-state index is 11.7. The van der Waals surface area contributed by atoms with Gasteiger partial charge in [-0.1, -0.05) is 37.3 Å². The molecule has 0 amide bonds. The van der Waals surface area contributed by atoms with Gasteiger partial charge in [-0.3, -0.25) is 0 Å². The van der Waals surface area contributed by atoms with Crippen LogP contribution in [0.2, 0.25) is 0 Å². The Bertz CT molecular complexity index is 984. The third kappa shape index (κ3) is 3.18. The lowest BCUT2D eigenvalue weighted by Crippen LogP contribution is -2.39. The molecule has 2 aromatic heterocycles. The number of aromatic nitrogens is 2. The number of anilines is 1. The minimum atomic E-state index is -0.895. The summed E-state index contributed by atoms with van der Waals surface area (Å²) < 4.78 is 0. The number of carboxylic acid groups (broad SMARTS) is 1. The number of hydrogen-bond acceptors (Lipinski definition) is 5. The highest BCUT2D eigenvalue weighted by Crippen LogP contribution is 2.39. The molecule has 1 saturated heterocycles. The van der Waals surface area contributed by atoms with Gasteiger partial charge in [0.25, 0.3) is 0 Å². The standard InChI is InChI=1S/C21H23N3O2S/c1-3-15-11-7-8-12-24(15)19-16-13(2)17(21(25)26)27-20(16)23-18(22-19)14-9-5-4-6-10-14/h4-6,9-10,15H,3,7-8,11-12H2,1-2H3,(H,25,26). The van der Waals surface area contributed by atoms with Crippen LogP contribution < -0.4 is 4.90 Å². The molecule has 1 aromatic carbocycles. The maximum Gasteiger partial charge on any atom is 0.346 e. The third-order valence-electron chi connectivity index (χ3n) is 5.37. The normalized spacial score (nSPS) is 17.4. The van der Waals surface area contributed by atoms with Gasteiger partial charge in [-0.15, -0.1) is 11.3 Å². The number of aromatic carboxylic acids is 1. The fourth-order valence-electron chi connectivity index (χ4n) is 3.95. The fraction of sp³-hybridized carbons (Fsp3) is 0.381. The minimum Gasteiger partial charge on any atom is -0.477 e. The summed E-state index contributed by atoms with van der Waals surface area (Å²) in [6, 6.07) is 10.3. The van der Waals surface area contributed by atoms with Crippen molar-refractivity contribution in [3.63, 3.8) is 0 Å². The van der Waals surface area contributed by atoms with E-state index in [0.717, 1.165) is 53.0 Å². The average molecular weight is 382 g/mol. The summed E-state index contributed by atoms with van der Waals surface area (Å²) in [7, 11) is 0. The molecule has 6 heteroatoms. The topological polar surface area (TPSA) is 66.3 Å². The Labute approximate surface area is 162 Å². The number of hydrogen-bond donors (Lipinski definition) is 1. The van der Waals surface area contributed by atoms with Crippen LogP contribution in [0.15, 0.2) is 30.3 Å². The van der Waals surface area contributed by atoms with Gasteiger partial charge in [0.2, 0.25) is 0 Å². The van der Waals surface area contributed by atoms with E-state index in [1.807, 2.05) is 37.3 Å². The Morgan fingerprint density at radius 2 is 2.04 bits per heavy atom. The zero-order chi connectivity index (χ0) is 19.0. The molecule has 1 unspecified atom stereocenters. The first kappa shape index (κ1) is 17.9. The smallest absolute Gasteiger partial charge is 0.346 e. The number of carboxylic acids is 1. The Kier molecular flexibility index (Phi) is 4.83. The van der Waals surface area contributed by atoms with E-state index in [-0.39, 0.29) is 0 Å². The van der Waals surface area contributed by atoms with Crippen molar-refractivity contribution in [3.05, 3.63) is 40.8 Å². The van der Waals surface area contributed by atoms with Crippen LogP contribution in [0.4, 0.5) is 5.82 Å². The van der Waals surface area contributed by atoms with Crippen LogP contribution in [0, 0.1) is 6.92 Å². The molecule has 1 aliphatic heterocycles. The first-order valence-electron chi connectivity index (χ1n) is 9.46. The summed E-state index contributed by atoms with van der Waals surface area (Å²) in [4.78, 5) is 24.9. The van der Waals surface area contributed by atoms with Crippen molar-refractivity contribution < 1.29 is 9.90 Å². The van der Waals surface area contributed by atoms with E-state index in [2.05, 4.69) is 11.8 Å². The number of benzene rings is 1. The highest BCUT2D eigenvalue weighted by Gasteiger charge is 2.28. The third-order valence-corrected chi connectivity index (χ3v) is 6.54. The second-order valence-electron chi connectivity index (χ2n) is 7.03. The predicted octanol–water partition coefficient (Wildman–Crippen LogP) is 5.13. The highest BCUT2D eigenvalue weighted by atomic mass is 32.1. The Balaban J connectivity index is 1.97. The summed E-state index contributed by atoms with van der Waals surface area (Å²) in [6.45, 7) is 5.04. The molecule has 3 heterocycles. The van der Waals surface area contributed by atoms with Crippen LogP contribution in [0.1, 0.15) is 47.8 Å². The van der Waals surface area contributed by atoms with E-state index < -0.39 is 5.97 Å². The van der Waals surface area contributed by atoms with Crippen LogP contribution in [-0.2, 0) is 0 Å². The van der Waals surface area contributed by atoms with Crippen molar-refractivity contribution >= 4 is 33.3 Å². The van der Waals surface area contributed by atoms with Crippen molar-refractivity contribution in [2.24, 2.45) is 0 Å². The van der Waals surface area contributed by atoms with Gasteiger partial charge in [0.05, 0.1) is 5.39 Å². The molecule has 0 bridgehead atoms. The van der Waals surface area contributed by atoms with E-state index in [1.54, 1.807) is 0 Å². The van der Waals surface area contributed by atoms with E-state index in [0.29, 0.717) is 16.7 Å². The van der Waals surface area contributed by atoms with Crippen molar-refractivity contribution in [3.8, 4) is 11.4 Å². The summed E-state index contributed by atoms with van der Waals surface area (Å²) in [5.41, 5.74) is 1.73. The number of carbonyl (C=O) groups is 1. The monoisotopic (exact) mass is 381 g/mol. The van der Waals surface area contributed by atoms with Gasteiger partial charge in [0.1, 0.15) is 15.5 Å². The molecule has 140 valence electrons. The van der Waals surface area contributed by atoms with Gasteiger partial charge in [0, 0.05) is 18.2 Å². The van der Waals surface area contributed by atoms with Crippen molar-refractivity contribution in [2.75, 3.05) is 11.4 Å². The average Bonchev–Trinajstić information content (AvgIpc) is 3.05. The minimum absolute atomic E-state index is 0.357. The number of thiophene rings is 1. The molecule has 1 atom stereocenters. The van der Waals surface area contributed by atoms with E-state index >= 15 is 0 Å². The number of aryl methyl sites for hydroxylation is 1. The lowest BCUT2D eigenvalue weighted by atomic mass is 9.99. The first-order valence-corrected chi connectivity index (χ1v) is 10.3. The van der Waals surface area contributed by atoms with Crippen molar-refractivity contribution in [2.45, 2.75) is 45.6 Å². The van der Waals surface area contributed by atoms with Gasteiger partial charge in [0.15, 0.2) is 5.82 Å². The highest BCUT2D eigenvalue weighted by molar-refractivity contribution is 7.20. The molecule has 5 nitrogen and oxygen atoms in total. The Morgan fingerprint density at radius 3 is 2.74 bits per heavy atom. The van der Waals surface area contributed by atoms with Crippen LogP contribution >= 0.6 is 11.3 Å². The van der Waals surface area contributed by atoms with Crippen molar-refractivity contribution in [1.82, 2.24) is 9.97 Å². The molecule has 3 aromatic rings. The van der Waals surface area contributed by atoms with Gasteiger partial charge in [-0.25, -0.2) is 14.8 Å². The number of nitrogens with zero attached hydrogens (tertiary/aromatic N) is 3. The molecular formula is C21H23N3O2S. The number of piperidine rings is 1. The van der Waals surface area contributed by atoms with Gasteiger partial charge >= 0.3 is 5.97 Å². The quantitative estimate of drug-likeness (QED) is 0.678. The molecular weight excluding hydrogens is 358 g/mol. The Hall–Kier alpha value is -2.47. The molecule has 27 heavy (non-hydrogen) atoms. The molecule has 0 saturated carbocycles. The van der Waals surface area contributed by atoms with Crippen LogP contribution in [0.5, 0.6) is 0 Å². The van der Waals surface area contributed by atoms with E-state index in [9.17, 15) is 9.90 Å². The van der Waals surface area contributed by atoms with Gasteiger partial charge < -0.3 is 10.0 Å². The largest absolute Gasteiger partial charge is 0.477 e. The zero-order valence-corrected chi connectivity index (χ0v) is 16.4. The summed E-state index contributed by atoms with van der Waals surface area (Å²) in [6.07, 6.45) is 4.58. The molecule has 0 radical (unpaired) electrons. The molecule has 1 aliphatic rings. The molecule has 0 spiro atoms. The van der Waals surface area contributed by atoms with Gasteiger partial charge in [-0.05, 0) is 38.2 Å². The molecule has 1 N–H and O–H groups in total. The van der Waals surface area contributed by atoms with Crippen LogP contribution in [0.3, 0.4) is 0 Å². The maximum atomic E-state index is 11.7. The second-order valence-corrected chi connectivity index (χ2v) is 8.03. The number of fused-ring (bicyclic) bond motifs is 1. The summed E-state index contributed by atoms with van der Waals surface area (Å²) in [5, 5.41) is 10.5. The van der Waals surface area contributed by atoms with E-state index in [4.69, 9.17) is 9.97 Å². The van der Waals surface area contributed by atoms with Crippen LogP contribution in [-0.4, -0.2) is 33.6 Å². The SMILES string of the molecule is CCC1CCCCN1c1nc(-c2ccccc2)nc2sc(C(=O)O)c(C)c12. The number of rotatable bonds is 4. The first-order chi connectivity index (χ1) is 13.1. The predicted molar refractivity (Wildman–Crippen MR) is 110 cm³/mol. The van der Waals surface area contributed by atoms with Crippen LogP contribution in [0.25, 0.3) is 21.6 Å². The Morgan fingerprint density at radius 1 is 1.26 bits per heavy atom. The zero-order valence-electron chi connectivity index (χ0n) is 15.6. The molecule has 1 fully saturated rings. The van der Waals surface area contributed by atoms with Gasteiger partial charge in [-0.2, -0.15) is 0 Å².